The van der Waals surface area contributed by atoms with Crippen molar-refractivity contribution in [2.45, 2.75) is 63.4 Å². The maximum absolute atomic E-state index is 13.2. The lowest BCUT2D eigenvalue weighted by atomic mass is 10.0. The summed E-state index contributed by atoms with van der Waals surface area (Å²) in [5.41, 5.74) is 1.01. The van der Waals surface area contributed by atoms with E-state index in [1.807, 2.05) is 48.5 Å². The Labute approximate surface area is 234 Å². The third-order valence-electron chi connectivity index (χ3n) is 6.82. The number of carbonyl (C=O) groups excluding carboxylic acids is 2. The third-order valence-corrected chi connectivity index (χ3v) is 6.82. The molecule has 0 aliphatic carbocycles. The number of methoxy groups -OCH3 is 1. The molecule has 1 saturated heterocycles. The molecule has 1 aliphatic heterocycles. The second kappa shape index (κ2) is 14.3. The standard InChI is InChI=1S/C31H36N2O7/c1-21-29(40-23-14-7-4-8-15-23)26(38-20-10-13-22-11-5-3-6-12-22)17-9-16-24(31(36)39-21)33-30(35)27-28(34)25(37-2)18-19-32-27/h3-8,11-12,14-15,18-19,21,24,26,29,34H,9-10,13,16-17,20H2,1-2H3,(H,33,35)/t21-,24-,26-,29-/m0/s1. The topological polar surface area (TPSA) is 116 Å². The van der Waals surface area contributed by atoms with E-state index in [2.05, 4.69) is 22.4 Å². The summed E-state index contributed by atoms with van der Waals surface area (Å²) in [6.45, 7) is 2.29. The maximum Gasteiger partial charge on any atom is 0.329 e. The number of cyclic esters (lactones) is 1. The molecule has 2 N–H and O–H groups in total. The molecular formula is C31H36N2O7. The first kappa shape index (κ1) is 28.9. The molecule has 212 valence electrons. The maximum atomic E-state index is 13.2. The molecule has 9 heteroatoms. The molecule has 9 nitrogen and oxygen atoms in total. The van der Waals surface area contributed by atoms with E-state index in [1.54, 1.807) is 6.92 Å². The fourth-order valence-corrected chi connectivity index (χ4v) is 4.73. The van der Waals surface area contributed by atoms with Gasteiger partial charge in [0, 0.05) is 18.9 Å². The van der Waals surface area contributed by atoms with E-state index in [1.165, 1.54) is 24.9 Å². The molecule has 0 saturated carbocycles. The van der Waals surface area contributed by atoms with Gasteiger partial charge in [-0.1, -0.05) is 48.5 Å². The molecule has 4 rings (SSSR count). The van der Waals surface area contributed by atoms with Crippen molar-refractivity contribution in [1.82, 2.24) is 10.3 Å². The van der Waals surface area contributed by atoms with Crippen LogP contribution in [0.3, 0.4) is 0 Å². The number of esters is 1. The molecule has 2 heterocycles. The number of para-hydroxylation sites is 1. The zero-order valence-electron chi connectivity index (χ0n) is 22.8. The van der Waals surface area contributed by atoms with Gasteiger partial charge in [0.2, 0.25) is 0 Å². The van der Waals surface area contributed by atoms with Gasteiger partial charge >= 0.3 is 5.97 Å². The minimum atomic E-state index is -0.934. The Morgan fingerprint density at radius 3 is 2.52 bits per heavy atom. The Kier molecular flexibility index (Phi) is 10.3. The van der Waals surface area contributed by atoms with Gasteiger partial charge < -0.3 is 29.4 Å². The SMILES string of the molecule is COc1ccnc(C(=O)N[C@H]2CCC[C@H](OCCCc3ccccc3)[C@@H](Oc3ccccc3)[C@H](C)OC2=O)c1O. The van der Waals surface area contributed by atoms with Gasteiger partial charge in [0.1, 0.15) is 17.9 Å². The fourth-order valence-electron chi connectivity index (χ4n) is 4.73. The summed E-state index contributed by atoms with van der Waals surface area (Å²) in [4.78, 5) is 30.1. The average Bonchev–Trinajstić information content (AvgIpc) is 3.02. The molecule has 40 heavy (non-hydrogen) atoms. The van der Waals surface area contributed by atoms with Gasteiger partial charge in [-0.2, -0.15) is 0 Å². The van der Waals surface area contributed by atoms with Crippen LogP contribution in [0.2, 0.25) is 0 Å². The average molecular weight is 549 g/mol. The van der Waals surface area contributed by atoms with Crippen LogP contribution in [0.4, 0.5) is 0 Å². The first-order valence-electron chi connectivity index (χ1n) is 13.6. The number of carbonyl (C=O) groups is 2. The zero-order valence-corrected chi connectivity index (χ0v) is 22.8. The van der Waals surface area contributed by atoms with Crippen LogP contribution >= 0.6 is 0 Å². The normalized spacial score (nSPS) is 21.3. The summed E-state index contributed by atoms with van der Waals surface area (Å²) in [5.74, 6) is -0.922. The lowest BCUT2D eigenvalue weighted by Crippen LogP contribution is -2.46. The molecule has 2 aromatic carbocycles. The minimum absolute atomic E-state index is 0.110. The second-order valence-corrected chi connectivity index (χ2v) is 9.70. The Balaban J connectivity index is 1.46. The number of aromatic hydroxyl groups is 1. The second-order valence-electron chi connectivity index (χ2n) is 9.70. The molecule has 4 atom stereocenters. The summed E-state index contributed by atoms with van der Waals surface area (Å²) in [6.07, 6.45) is 3.02. The number of amides is 1. The van der Waals surface area contributed by atoms with Crippen LogP contribution in [0.1, 0.15) is 48.7 Å². The van der Waals surface area contributed by atoms with Crippen molar-refractivity contribution in [3.8, 4) is 17.2 Å². The number of benzene rings is 2. The van der Waals surface area contributed by atoms with Crippen LogP contribution in [-0.4, -0.2) is 60.0 Å². The van der Waals surface area contributed by atoms with E-state index in [4.69, 9.17) is 18.9 Å². The molecule has 0 bridgehead atoms. The highest BCUT2D eigenvalue weighted by atomic mass is 16.6. The van der Waals surface area contributed by atoms with Crippen molar-refractivity contribution >= 4 is 11.9 Å². The van der Waals surface area contributed by atoms with Crippen LogP contribution in [0.15, 0.2) is 72.9 Å². The van der Waals surface area contributed by atoms with Gasteiger partial charge in [0.15, 0.2) is 23.3 Å². The van der Waals surface area contributed by atoms with Gasteiger partial charge in [-0.05, 0) is 56.7 Å². The van der Waals surface area contributed by atoms with Crippen molar-refractivity contribution < 1.29 is 33.6 Å². The molecule has 3 aromatic rings. The highest BCUT2D eigenvalue weighted by Gasteiger charge is 2.36. The third kappa shape index (κ3) is 7.72. The van der Waals surface area contributed by atoms with E-state index in [-0.39, 0.29) is 17.5 Å². The van der Waals surface area contributed by atoms with E-state index >= 15 is 0 Å². The van der Waals surface area contributed by atoms with Crippen LogP contribution in [0.25, 0.3) is 0 Å². The van der Waals surface area contributed by atoms with Crippen LogP contribution in [0, 0.1) is 0 Å². The Hall–Kier alpha value is -4.11. The number of ether oxygens (including phenoxy) is 4. The van der Waals surface area contributed by atoms with Crippen molar-refractivity contribution in [3.63, 3.8) is 0 Å². The van der Waals surface area contributed by atoms with Crippen LogP contribution in [-0.2, 0) is 20.7 Å². The highest BCUT2D eigenvalue weighted by Crippen LogP contribution is 2.28. The van der Waals surface area contributed by atoms with Crippen LogP contribution < -0.4 is 14.8 Å². The Morgan fingerprint density at radius 1 is 1.07 bits per heavy atom. The lowest BCUT2D eigenvalue weighted by Gasteiger charge is -2.31. The number of rotatable bonds is 10. The smallest absolute Gasteiger partial charge is 0.329 e. The number of nitrogens with one attached hydrogen (secondary N) is 1. The summed E-state index contributed by atoms with van der Waals surface area (Å²) < 4.78 is 23.6. The van der Waals surface area contributed by atoms with Gasteiger partial charge in [0.25, 0.3) is 5.91 Å². The summed E-state index contributed by atoms with van der Waals surface area (Å²) in [5, 5.41) is 13.0. The monoisotopic (exact) mass is 548 g/mol. The van der Waals surface area contributed by atoms with Crippen LogP contribution in [0.5, 0.6) is 17.2 Å². The van der Waals surface area contributed by atoms with Gasteiger partial charge in [-0.25, -0.2) is 9.78 Å². The highest BCUT2D eigenvalue weighted by molar-refractivity contribution is 5.97. The van der Waals surface area contributed by atoms with E-state index in [0.29, 0.717) is 31.6 Å². The molecule has 1 amide bonds. The quantitative estimate of drug-likeness (QED) is 0.282. The largest absolute Gasteiger partial charge is 0.503 e. The van der Waals surface area contributed by atoms with E-state index in [0.717, 1.165) is 12.8 Å². The molecule has 0 spiro atoms. The Bertz CT molecular complexity index is 1240. The molecule has 1 aromatic heterocycles. The van der Waals surface area contributed by atoms with Crippen molar-refractivity contribution in [2.24, 2.45) is 0 Å². The van der Waals surface area contributed by atoms with Crippen molar-refractivity contribution in [2.75, 3.05) is 13.7 Å². The number of pyridine rings is 1. The number of aromatic nitrogens is 1. The zero-order chi connectivity index (χ0) is 28.3. The minimum Gasteiger partial charge on any atom is -0.503 e. The predicted molar refractivity (Wildman–Crippen MR) is 148 cm³/mol. The first-order chi connectivity index (χ1) is 19.5. The number of aryl methyl sites for hydroxylation is 1. The molecule has 0 unspecified atom stereocenters. The number of hydrogen-bond acceptors (Lipinski definition) is 8. The lowest BCUT2D eigenvalue weighted by molar-refractivity contribution is -0.159. The molecular weight excluding hydrogens is 512 g/mol. The Morgan fingerprint density at radius 2 is 1.80 bits per heavy atom. The number of hydrogen-bond donors (Lipinski definition) is 2. The van der Waals surface area contributed by atoms with Gasteiger partial charge in [0.05, 0.1) is 13.2 Å². The number of nitrogens with zero attached hydrogens (tertiary/aromatic N) is 1. The van der Waals surface area contributed by atoms with Crippen molar-refractivity contribution in [3.05, 3.63) is 84.2 Å². The molecule has 0 radical (unpaired) electrons. The summed E-state index contributed by atoms with van der Waals surface area (Å²) in [7, 11) is 1.38. The molecule has 1 fully saturated rings. The summed E-state index contributed by atoms with van der Waals surface area (Å²) >= 11 is 0. The first-order valence-corrected chi connectivity index (χ1v) is 13.6. The van der Waals surface area contributed by atoms with Gasteiger partial charge in [-0.3, -0.25) is 4.79 Å². The molecule has 1 aliphatic rings. The fraction of sp³-hybridized carbons (Fsp3) is 0.387. The van der Waals surface area contributed by atoms with E-state index in [9.17, 15) is 14.7 Å². The van der Waals surface area contributed by atoms with E-state index < -0.39 is 35.9 Å². The van der Waals surface area contributed by atoms with Gasteiger partial charge in [-0.15, -0.1) is 0 Å². The summed E-state index contributed by atoms with van der Waals surface area (Å²) in [6, 6.07) is 20.1. The van der Waals surface area contributed by atoms with Crippen molar-refractivity contribution in [1.29, 1.82) is 0 Å². The predicted octanol–water partition coefficient (Wildman–Crippen LogP) is 4.48.